The van der Waals surface area contributed by atoms with Gasteiger partial charge >= 0.3 is 0 Å². The zero-order valence-corrected chi connectivity index (χ0v) is 12.0. The Morgan fingerprint density at radius 3 is 2.42 bits per heavy atom. The van der Waals surface area contributed by atoms with Crippen LogP contribution >= 0.6 is 27.5 Å². The third-order valence-electron chi connectivity index (χ3n) is 2.91. The average Bonchev–Trinajstić information content (AvgIpc) is 2.86. The first kappa shape index (κ1) is 12.5. The van der Waals surface area contributed by atoms with Gasteiger partial charge in [0.1, 0.15) is 0 Å². The highest BCUT2D eigenvalue weighted by atomic mass is 79.9. The van der Waals surface area contributed by atoms with Crippen LogP contribution in [0.3, 0.4) is 0 Å². The summed E-state index contributed by atoms with van der Waals surface area (Å²) in [5.41, 5.74) is 0.602. The molecule has 0 aliphatic rings. The lowest BCUT2D eigenvalue weighted by Gasteiger charge is -2.06. The minimum absolute atomic E-state index is 0.171. The molecule has 94 valence electrons. The van der Waals surface area contributed by atoms with Crippen LogP contribution in [0.1, 0.15) is 16.1 Å². The second kappa shape index (κ2) is 4.83. The van der Waals surface area contributed by atoms with Crippen molar-refractivity contribution in [2.75, 3.05) is 0 Å². The number of ketones is 1. The number of furan rings is 1. The number of halogens is 2. The third-order valence-corrected chi connectivity index (χ3v) is 3.81. The van der Waals surface area contributed by atoms with Gasteiger partial charge in [0.25, 0.3) is 0 Å². The molecule has 0 bridgehead atoms. The Kier molecular flexibility index (Phi) is 3.17. The normalized spacial score (nSPS) is 10.8. The Bertz CT molecular complexity index is 777. The van der Waals surface area contributed by atoms with E-state index in [-0.39, 0.29) is 16.8 Å². The molecule has 0 saturated heterocycles. The van der Waals surface area contributed by atoms with Crippen molar-refractivity contribution in [1.29, 1.82) is 0 Å². The van der Waals surface area contributed by atoms with Crippen molar-refractivity contribution in [1.82, 2.24) is 0 Å². The van der Waals surface area contributed by atoms with Gasteiger partial charge in [0.15, 0.2) is 11.0 Å². The number of benzene rings is 2. The van der Waals surface area contributed by atoms with E-state index < -0.39 is 0 Å². The molecular weight excluding hydrogens is 328 g/mol. The largest absolute Gasteiger partial charge is 0.441 e. The van der Waals surface area contributed by atoms with Crippen molar-refractivity contribution < 1.29 is 9.21 Å². The maximum Gasteiger partial charge on any atom is 0.228 e. The molecule has 0 fully saturated rings. The van der Waals surface area contributed by atoms with E-state index in [0.29, 0.717) is 5.56 Å². The summed E-state index contributed by atoms with van der Waals surface area (Å²) in [5, 5.41) is 2.09. The predicted molar refractivity (Wildman–Crippen MR) is 78.8 cm³/mol. The molecule has 0 N–H and O–H groups in total. The quantitative estimate of drug-likeness (QED) is 0.611. The van der Waals surface area contributed by atoms with Crippen molar-refractivity contribution in [3.8, 4) is 0 Å². The van der Waals surface area contributed by atoms with Gasteiger partial charge in [-0.15, -0.1) is 0 Å². The molecule has 0 unspecified atom stereocenters. The third kappa shape index (κ3) is 2.20. The van der Waals surface area contributed by atoms with Crippen LogP contribution in [0, 0.1) is 0 Å². The first-order valence-corrected chi connectivity index (χ1v) is 6.81. The van der Waals surface area contributed by atoms with Crippen LogP contribution in [0.25, 0.3) is 10.8 Å². The van der Waals surface area contributed by atoms with E-state index in [2.05, 4.69) is 15.9 Å². The van der Waals surface area contributed by atoms with Crippen LogP contribution in [0.15, 0.2) is 57.4 Å². The Balaban J connectivity index is 2.21. The average molecular weight is 336 g/mol. The molecule has 3 aromatic rings. The van der Waals surface area contributed by atoms with Crippen LogP contribution in [0.5, 0.6) is 0 Å². The van der Waals surface area contributed by atoms with E-state index >= 15 is 0 Å². The zero-order valence-electron chi connectivity index (χ0n) is 9.69. The Morgan fingerprint density at radius 2 is 1.74 bits per heavy atom. The van der Waals surface area contributed by atoms with Gasteiger partial charge in [0, 0.05) is 10.0 Å². The van der Waals surface area contributed by atoms with Crippen LogP contribution in [-0.2, 0) is 0 Å². The lowest BCUT2D eigenvalue weighted by atomic mass is 10.0. The lowest BCUT2D eigenvalue weighted by molar-refractivity contribution is 0.101. The highest BCUT2D eigenvalue weighted by Gasteiger charge is 2.16. The van der Waals surface area contributed by atoms with Gasteiger partial charge in [-0.3, -0.25) is 4.79 Å². The highest BCUT2D eigenvalue weighted by molar-refractivity contribution is 9.10. The molecule has 1 aromatic heterocycles. The summed E-state index contributed by atoms with van der Waals surface area (Å²) in [6.07, 6.45) is 0. The predicted octanol–water partition coefficient (Wildman–Crippen LogP) is 5.08. The van der Waals surface area contributed by atoms with Crippen LogP contribution in [-0.4, -0.2) is 5.78 Å². The SMILES string of the molecule is O=C(c1ccc(Cl)o1)c1ccc(Br)c2ccccc12. The fourth-order valence-electron chi connectivity index (χ4n) is 2.03. The van der Waals surface area contributed by atoms with Crippen molar-refractivity contribution in [2.45, 2.75) is 0 Å². The van der Waals surface area contributed by atoms with E-state index in [1.807, 2.05) is 30.3 Å². The van der Waals surface area contributed by atoms with Gasteiger partial charge in [-0.25, -0.2) is 0 Å². The molecule has 0 saturated carbocycles. The van der Waals surface area contributed by atoms with Gasteiger partial charge in [0.2, 0.25) is 5.78 Å². The van der Waals surface area contributed by atoms with Crippen molar-refractivity contribution in [2.24, 2.45) is 0 Å². The summed E-state index contributed by atoms with van der Waals surface area (Å²) in [6.45, 7) is 0. The maximum absolute atomic E-state index is 12.4. The molecule has 2 nitrogen and oxygen atoms in total. The molecule has 0 aliphatic heterocycles. The Labute approximate surface area is 123 Å². The van der Waals surface area contributed by atoms with E-state index in [0.717, 1.165) is 15.2 Å². The summed E-state index contributed by atoms with van der Waals surface area (Å²) in [4.78, 5) is 12.4. The Hall–Kier alpha value is -1.58. The molecule has 1 heterocycles. The topological polar surface area (TPSA) is 30.2 Å². The van der Waals surface area contributed by atoms with E-state index in [9.17, 15) is 4.79 Å². The van der Waals surface area contributed by atoms with Crippen molar-refractivity contribution in [3.05, 3.63) is 69.5 Å². The molecule has 2 aromatic carbocycles. The Morgan fingerprint density at radius 1 is 1.00 bits per heavy atom. The second-order valence-electron chi connectivity index (χ2n) is 4.07. The standard InChI is InChI=1S/C15H8BrClO2/c16-12-6-5-11(9-3-1-2-4-10(9)12)15(18)13-7-8-14(17)19-13/h1-8H. The summed E-state index contributed by atoms with van der Waals surface area (Å²) < 4.78 is 6.14. The number of rotatable bonds is 2. The number of carbonyl (C=O) groups is 1. The molecule has 0 amide bonds. The van der Waals surface area contributed by atoms with Crippen molar-refractivity contribution >= 4 is 44.1 Å². The first-order valence-electron chi connectivity index (χ1n) is 5.64. The number of fused-ring (bicyclic) bond motifs is 1. The smallest absolute Gasteiger partial charge is 0.228 e. The number of carbonyl (C=O) groups excluding carboxylic acids is 1. The molecule has 0 atom stereocenters. The van der Waals surface area contributed by atoms with Crippen molar-refractivity contribution in [3.63, 3.8) is 0 Å². The zero-order chi connectivity index (χ0) is 13.4. The number of hydrogen-bond acceptors (Lipinski definition) is 2. The van der Waals surface area contributed by atoms with Crippen LogP contribution in [0.4, 0.5) is 0 Å². The minimum Gasteiger partial charge on any atom is -0.441 e. The summed E-state index contributed by atoms with van der Waals surface area (Å²) in [7, 11) is 0. The van der Waals surface area contributed by atoms with Gasteiger partial charge in [0.05, 0.1) is 0 Å². The molecule has 19 heavy (non-hydrogen) atoms. The first-order chi connectivity index (χ1) is 9.16. The van der Waals surface area contributed by atoms with Gasteiger partial charge in [-0.05, 0) is 46.6 Å². The molecular formula is C15H8BrClO2. The fraction of sp³-hybridized carbons (Fsp3) is 0. The summed E-state index contributed by atoms with van der Waals surface area (Å²) in [6, 6.07) is 14.5. The number of hydrogen-bond donors (Lipinski definition) is 0. The highest BCUT2D eigenvalue weighted by Crippen LogP contribution is 2.28. The van der Waals surface area contributed by atoms with E-state index in [4.69, 9.17) is 16.0 Å². The van der Waals surface area contributed by atoms with Gasteiger partial charge in [-0.1, -0.05) is 40.2 Å². The van der Waals surface area contributed by atoms with Crippen LogP contribution < -0.4 is 0 Å². The maximum atomic E-state index is 12.4. The molecule has 0 aliphatic carbocycles. The van der Waals surface area contributed by atoms with Gasteiger partial charge in [-0.2, -0.15) is 0 Å². The molecule has 3 rings (SSSR count). The van der Waals surface area contributed by atoms with Crippen LogP contribution in [0.2, 0.25) is 5.22 Å². The second-order valence-corrected chi connectivity index (χ2v) is 5.30. The van der Waals surface area contributed by atoms with E-state index in [1.54, 1.807) is 18.2 Å². The minimum atomic E-state index is -0.171. The molecule has 0 spiro atoms. The van der Waals surface area contributed by atoms with E-state index in [1.165, 1.54) is 0 Å². The monoisotopic (exact) mass is 334 g/mol. The summed E-state index contributed by atoms with van der Waals surface area (Å²) in [5.74, 6) is 0.0769. The summed E-state index contributed by atoms with van der Waals surface area (Å²) >= 11 is 9.19. The van der Waals surface area contributed by atoms with Gasteiger partial charge < -0.3 is 4.42 Å². The molecule has 4 heteroatoms. The molecule has 0 radical (unpaired) electrons. The fourth-order valence-corrected chi connectivity index (χ4v) is 2.65. The lowest BCUT2D eigenvalue weighted by Crippen LogP contribution is -2.00.